The highest BCUT2D eigenvalue weighted by Crippen LogP contribution is 2.32. The lowest BCUT2D eigenvalue weighted by atomic mass is 9.96. The van der Waals surface area contributed by atoms with Crippen molar-refractivity contribution in [2.75, 3.05) is 36.5 Å². The van der Waals surface area contributed by atoms with Crippen LogP contribution < -0.4 is 9.80 Å². The van der Waals surface area contributed by atoms with E-state index in [4.69, 9.17) is 0 Å². The molecule has 0 saturated carbocycles. The topological polar surface area (TPSA) is 63.0 Å². The van der Waals surface area contributed by atoms with E-state index in [9.17, 15) is 13.2 Å². The van der Waals surface area contributed by atoms with Gasteiger partial charge in [0.1, 0.15) is 17.5 Å². The molecule has 7 nitrogen and oxygen atoms in total. The molecule has 1 aliphatic rings. The van der Waals surface area contributed by atoms with Crippen molar-refractivity contribution in [2.45, 2.75) is 25.9 Å². The largest absolute Gasteiger partial charge is 0.416 e. The van der Waals surface area contributed by atoms with E-state index in [-0.39, 0.29) is 0 Å². The summed E-state index contributed by atoms with van der Waals surface area (Å²) in [7, 11) is 3.66. The van der Waals surface area contributed by atoms with E-state index in [1.807, 2.05) is 18.9 Å². The molecule has 1 saturated heterocycles. The Kier molecular flexibility index (Phi) is 5.25. The minimum atomic E-state index is -4.36. The zero-order chi connectivity index (χ0) is 21.5. The van der Waals surface area contributed by atoms with Crippen molar-refractivity contribution < 1.29 is 13.2 Å². The number of piperidine rings is 1. The Balaban J connectivity index is 1.42. The van der Waals surface area contributed by atoms with Crippen LogP contribution in [-0.4, -0.2) is 51.4 Å². The number of halogens is 3. The van der Waals surface area contributed by atoms with Gasteiger partial charge >= 0.3 is 6.18 Å². The second-order valence-electron chi connectivity index (χ2n) is 7.81. The maximum Gasteiger partial charge on any atom is 0.416 e. The van der Waals surface area contributed by atoms with E-state index in [1.54, 1.807) is 17.9 Å². The van der Waals surface area contributed by atoms with Gasteiger partial charge in [-0.2, -0.15) is 18.3 Å². The zero-order valence-electron chi connectivity index (χ0n) is 17.2. The van der Waals surface area contributed by atoms with Crippen LogP contribution in [0.4, 0.5) is 24.8 Å². The summed E-state index contributed by atoms with van der Waals surface area (Å²) in [5, 5.41) is 5.24. The van der Waals surface area contributed by atoms with E-state index in [0.717, 1.165) is 54.9 Å². The molecule has 0 aromatic carbocycles. The van der Waals surface area contributed by atoms with Crippen LogP contribution in [0.1, 0.15) is 24.2 Å². The van der Waals surface area contributed by atoms with Crippen molar-refractivity contribution in [3.05, 3.63) is 35.9 Å². The molecule has 4 heterocycles. The molecule has 30 heavy (non-hydrogen) atoms. The Morgan fingerprint density at radius 2 is 1.93 bits per heavy atom. The Morgan fingerprint density at radius 3 is 2.63 bits per heavy atom. The number of pyridine rings is 1. The molecule has 3 aromatic rings. The van der Waals surface area contributed by atoms with Crippen LogP contribution in [0.2, 0.25) is 0 Å². The van der Waals surface area contributed by atoms with Crippen LogP contribution in [0.3, 0.4) is 0 Å². The molecule has 0 aliphatic carbocycles. The maximum absolute atomic E-state index is 13.0. The van der Waals surface area contributed by atoms with Gasteiger partial charge in [0.05, 0.1) is 17.1 Å². The number of rotatable bonds is 4. The van der Waals surface area contributed by atoms with E-state index in [0.29, 0.717) is 24.1 Å². The third-order valence-corrected chi connectivity index (χ3v) is 5.59. The molecule has 1 fully saturated rings. The van der Waals surface area contributed by atoms with Gasteiger partial charge in [-0.25, -0.2) is 15.0 Å². The molecular weight excluding hydrogens is 395 g/mol. The number of nitrogens with zero attached hydrogens (tertiary/aromatic N) is 7. The fourth-order valence-electron chi connectivity index (χ4n) is 3.97. The molecule has 160 valence electrons. The second-order valence-corrected chi connectivity index (χ2v) is 7.81. The van der Waals surface area contributed by atoms with Gasteiger partial charge in [0.25, 0.3) is 0 Å². The monoisotopic (exact) mass is 419 g/mol. The molecule has 1 aliphatic heterocycles. The predicted octanol–water partition coefficient (Wildman–Crippen LogP) is 3.44. The van der Waals surface area contributed by atoms with Crippen molar-refractivity contribution in [1.82, 2.24) is 24.7 Å². The van der Waals surface area contributed by atoms with E-state index in [2.05, 4.69) is 25.0 Å². The van der Waals surface area contributed by atoms with Crippen LogP contribution >= 0.6 is 0 Å². The van der Waals surface area contributed by atoms with Crippen molar-refractivity contribution in [1.29, 1.82) is 0 Å². The average molecular weight is 419 g/mol. The molecule has 0 bridgehead atoms. The van der Waals surface area contributed by atoms with Gasteiger partial charge in [-0.1, -0.05) is 0 Å². The summed E-state index contributed by atoms with van der Waals surface area (Å²) in [6.45, 7) is 4.19. The van der Waals surface area contributed by atoms with Gasteiger partial charge in [0, 0.05) is 39.9 Å². The number of hydrogen-bond donors (Lipinski definition) is 0. The molecule has 4 rings (SSSR count). The maximum atomic E-state index is 13.0. The highest BCUT2D eigenvalue weighted by molar-refractivity contribution is 5.87. The summed E-state index contributed by atoms with van der Waals surface area (Å²) >= 11 is 0. The summed E-state index contributed by atoms with van der Waals surface area (Å²) in [5.41, 5.74) is 0.142. The standard InChI is InChI=1S/C20H24F3N7/c1-13-26-18-16(11-25-29(18)3)19(27-13)30-8-5-14(6-9-30)12-28(2)17-10-15(4-7-24-17)20(21,22)23/h4,7,10-11,14H,5-6,8-9,12H2,1-3H3. The first kappa shape index (κ1) is 20.4. The normalized spacial score (nSPS) is 15.7. The first-order valence-electron chi connectivity index (χ1n) is 9.88. The smallest absolute Gasteiger partial charge is 0.359 e. The Hall–Kier alpha value is -2.91. The fourth-order valence-corrected chi connectivity index (χ4v) is 3.97. The summed E-state index contributed by atoms with van der Waals surface area (Å²) in [6, 6.07) is 2.11. The fraction of sp³-hybridized carbons (Fsp3) is 0.500. The SMILES string of the molecule is Cc1nc(N2CCC(CN(C)c3cc(C(F)(F)F)ccn3)CC2)c2cnn(C)c2n1. The molecule has 10 heteroatoms. The minimum Gasteiger partial charge on any atom is -0.359 e. The summed E-state index contributed by atoms with van der Waals surface area (Å²) in [4.78, 5) is 17.3. The van der Waals surface area contributed by atoms with Gasteiger partial charge in [-0.15, -0.1) is 0 Å². The first-order valence-corrected chi connectivity index (χ1v) is 9.88. The molecule has 3 aromatic heterocycles. The lowest BCUT2D eigenvalue weighted by Gasteiger charge is -2.35. The van der Waals surface area contributed by atoms with E-state index >= 15 is 0 Å². The quantitative estimate of drug-likeness (QED) is 0.646. The highest BCUT2D eigenvalue weighted by Gasteiger charge is 2.31. The third-order valence-electron chi connectivity index (χ3n) is 5.59. The number of fused-ring (bicyclic) bond motifs is 1. The van der Waals surface area contributed by atoms with Crippen LogP contribution in [0.15, 0.2) is 24.5 Å². The van der Waals surface area contributed by atoms with Crippen LogP contribution in [0, 0.1) is 12.8 Å². The second kappa shape index (κ2) is 7.73. The Bertz CT molecular complexity index is 1040. The third kappa shape index (κ3) is 4.03. The van der Waals surface area contributed by atoms with Crippen molar-refractivity contribution in [2.24, 2.45) is 13.0 Å². The van der Waals surface area contributed by atoms with Crippen LogP contribution in [0.25, 0.3) is 11.0 Å². The van der Waals surface area contributed by atoms with Gasteiger partial charge in [0.2, 0.25) is 0 Å². The summed E-state index contributed by atoms with van der Waals surface area (Å²) in [6.07, 6.45) is 0.497. The number of hydrogen-bond acceptors (Lipinski definition) is 6. The lowest BCUT2D eigenvalue weighted by Crippen LogP contribution is -2.38. The molecular formula is C20H24F3N7. The minimum absolute atomic E-state index is 0.343. The van der Waals surface area contributed by atoms with Crippen molar-refractivity contribution in [3.63, 3.8) is 0 Å². The molecule has 0 unspecified atom stereocenters. The predicted molar refractivity (Wildman–Crippen MR) is 108 cm³/mol. The van der Waals surface area contributed by atoms with Gasteiger partial charge in [0.15, 0.2) is 5.65 Å². The lowest BCUT2D eigenvalue weighted by molar-refractivity contribution is -0.137. The van der Waals surface area contributed by atoms with E-state index in [1.165, 1.54) is 6.20 Å². The summed E-state index contributed by atoms with van der Waals surface area (Å²) in [5.74, 6) is 2.32. The summed E-state index contributed by atoms with van der Waals surface area (Å²) < 4.78 is 40.6. The van der Waals surface area contributed by atoms with E-state index < -0.39 is 11.7 Å². The average Bonchev–Trinajstić information content (AvgIpc) is 3.08. The Labute approximate surface area is 172 Å². The van der Waals surface area contributed by atoms with Gasteiger partial charge in [-0.05, 0) is 37.8 Å². The zero-order valence-corrected chi connectivity index (χ0v) is 17.2. The first-order chi connectivity index (χ1) is 14.2. The van der Waals surface area contributed by atoms with Crippen molar-refractivity contribution >= 4 is 22.7 Å². The van der Waals surface area contributed by atoms with Crippen LogP contribution in [-0.2, 0) is 13.2 Å². The molecule has 0 N–H and O–H groups in total. The number of aromatic nitrogens is 5. The van der Waals surface area contributed by atoms with Crippen molar-refractivity contribution in [3.8, 4) is 0 Å². The molecule has 0 atom stereocenters. The molecule has 0 spiro atoms. The number of aryl methyl sites for hydroxylation is 2. The van der Waals surface area contributed by atoms with Crippen LogP contribution in [0.5, 0.6) is 0 Å². The molecule has 0 radical (unpaired) electrons. The number of alkyl halides is 3. The number of anilines is 2. The van der Waals surface area contributed by atoms with Gasteiger partial charge < -0.3 is 9.80 Å². The highest BCUT2D eigenvalue weighted by atomic mass is 19.4. The molecule has 0 amide bonds. The Morgan fingerprint density at radius 1 is 1.20 bits per heavy atom. The van der Waals surface area contributed by atoms with Gasteiger partial charge in [-0.3, -0.25) is 4.68 Å².